The van der Waals surface area contributed by atoms with Crippen LogP contribution in [0.3, 0.4) is 0 Å². The summed E-state index contributed by atoms with van der Waals surface area (Å²) in [6.45, 7) is 30.5. The average Bonchev–Trinajstić information content (AvgIpc) is 3.46. The van der Waals surface area contributed by atoms with Crippen molar-refractivity contribution in [3.05, 3.63) is 42.5 Å². The Balaban J connectivity index is 0.00000125. The second kappa shape index (κ2) is 60.1. The van der Waals surface area contributed by atoms with Gasteiger partial charge in [0.1, 0.15) is 0 Å². The molecular weight excluding hydrogens is 980 g/mol. The summed E-state index contributed by atoms with van der Waals surface area (Å²) in [4.78, 5) is 21.7. The third-order valence-electron chi connectivity index (χ3n) is 17.9. The van der Waals surface area contributed by atoms with Crippen LogP contribution in [0.4, 0.5) is 0 Å². The first-order valence-corrected chi connectivity index (χ1v) is 37.3. The zero-order valence-corrected chi connectivity index (χ0v) is 56.2. The van der Waals surface area contributed by atoms with Gasteiger partial charge in [-0.25, -0.2) is 0 Å². The van der Waals surface area contributed by atoms with Crippen LogP contribution in [0.25, 0.3) is 10.8 Å². The maximum atomic E-state index is 10.9. The minimum atomic E-state index is -2.50. The normalized spacial score (nSPS) is 11.8. The summed E-state index contributed by atoms with van der Waals surface area (Å²) >= 11 is 0. The highest BCUT2D eigenvalue weighted by Gasteiger charge is 2.27. The third kappa shape index (κ3) is 47.0. The van der Waals surface area contributed by atoms with E-state index in [1.165, 1.54) is 370 Å². The van der Waals surface area contributed by atoms with Crippen molar-refractivity contribution < 1.29 is 18.8 Å². The molecule has 0 bridgehead atoms. The lowest BCUT2D eigenvalue weighted by molar-refractivity contribution is -0.929. The van der Waals surface area contributed by atoms with E-state index < -0.39 is 8.38 Å². The lowest BCUT2D eigenvalue weighted by Gasteiger charge is -2.40. The number of unbranched alkanes of at least 4 members (excludes halogenated alkanes) is 40. The third-order valence-corrected chi connectivity index (χ3v) is 18.6. The summed E-state index contributed by atoms with van der Waals surface area (Å²) in [5, 5.41) is 2.15. The molecule has 2 aromatic carbocycles. The zero-order chi connectivity index (χ0) is 57.9. The molecule has 0 amide bonds. The highest BCUT2D eigenvalue weighted by Crippen LogP contribution is 2.24. The maximum absolute atomic E-state index is 10.9. The van der Waals surface area contributed by atoms with Gasteiger partial charge in [0.05, 0.1) is 52.4 Å². The van der Waals surface area contributed by atoms with E-state index in [1.807, 2.05) is 30.3 Å². The molecule has 0 aliphatic carbocycles. The molecular formula is C74H143N2O2P. The van der Waals surface area contributed by atoms with Gasteiger partial charge in [-0.15, -0.1) is 0 Å². The minimum Gasteiger partial charge on any atom is -0.838 e. The fourth-order valence-electron chi connectivity index (χ4n) is 12.5. The zero-order valence-electron chi connectivity index (χ0n) is 55.3. The van der Waals surface area contributed by atoms with Crippen molar-refractivity contribution in [1.29, 1.82) is 0 Å². The van der Waals surface area contributed by atoms with Crippen LogP contribution in [0, 0.1) is 0 Å². The molecule has 0 heterocycles. The van der Waals surface area contributed by atoms with Crippen molar-refractivity contribution in [2.75, 3.05) is 52.4 Å². The van der Waals surface area contributed by atoms with Crippen LogP contribution in [0.1, 0.15) is 364 Å². The van der Waals surface area contributed by atoms with Gasteiger partial charge in [0.25, 0.3) is 0 Å². The number of fused-ring (bicyclic) bond motifs is 1. The van der Waals surface area contributed by atoms with Gasteiger partial charge >= 0.3 is 0 Å². The molecule has 5 heteroatoms. The van der Waals surface area contributed by atoms with Crippen LogP contribution < -0.4 is 15.1 Å². The Morgan fingerprint density at radius 2 is 0.430 bits per heavy atom. The van der Waals surface area contributed by atoms with Crippen molar-refractivity contribution in [3.63, 3.8) is 0 Å². The summed E-state index contributed by atoms with van der Waals surface area (Å²) in [5.41, 5.74) is 0. The van der Waals surface area contributed by atoms with Gasteiger partial charge in [0.15, 0.2) is 0 Å². The molecule has 0 saturated heterocycles. The standard InChI is InChI=1S/2C32H68N.C10H7O2P/c2*1-5-9-13-17-21-25-29-33(30-26-22-18-14-10-6-2,31-27-23-19-15-11-7-3)32-28-24-20-16-12-8-4;11-13(12)10-7-3-5-8-4-1-2-6-9(8)10/h2*5-32H2,1-4H3;1-7H/q2*+1;-2. The van der Waals surface area contributed by atoms with E-state index in [9.17, 15) is 9.79 Å². The summed E-state index contributed by atoms with van der Waals surface area (Å²) in [5.74, 6) is 0. The van der Waals surface area contributed by atoms with E-state index in [0.29, 0.717) is 5.30 Å². The molecule has 0 unspecified atom stereocenters. The maximum Gasteiger partial charge on any atom is 0.0786 e. The molecule has 2 aromatic rings. The topological polar surface area (TPSA) is 46.1 Å². The van der Waals surface area contributed by atoms with Crippen molar-refractivity contribution in [2.24, 2.45) is 0 Å². The van der Waals surface area contributed by atoms with Crippen LogP contribution >= 0.6 is 8.38 Å². The quantitative estimate of drug-likeness (QED) is 0.0376. The lowest BCUT2D eigenvalue weighted by Crippen LogP contribution is -2.50. The van der Waals surface area contributed by atoms with Crippen LogP contribution in [-0.2, 0) is 0 Å². The van der Waals surface area contributed by atoms with Gasteiger partial charge in [-0.05, 0) is 119 Å². The van der Waals surface area contributed by atoms with Crippen molar-refractivity contribution >= 4 is 24.5 Å². The first kappa shape index (κ1) is 78.0. The SMILES string of the molecule is CCCCCCCC[N+](CCCCCCCC)(CCCCCCCC)CCCCCCCC.CCCCCCCC[N+](CCCCCCCC)(CCCCCCCC)CCCCCCCC.[O-]P([O-])c1cccc2ccccc12. The summed E-state index contributed by atoms with van der Waals surface area (Å²) < 4.78 is 2.95. The van der Waals surface area contributed by atoms with Gasteiger partial charge in [-0.3, -0.25) is 8.38 Å². The van der Waals surface area contributed by atoms with E-state index in [1.54, 1.807) is 12.1 Å². The molecule has 466 valence electrons. The van der Waals surface area contributed by atoms with Crippen LogP contribution in [0.2, 0.25) is 0 Å². The average molecular weight is 1120 g/mol. The second-order valence-electron chi connectivity index (χ2n) is 25.4. The van der Waals surface area contributed by atoms with E-state index >= 15 is 0 Å². The minimum absolute atomic E-state index is 0.396. The number of hydrogen-bond acceptors (Lipinski definition) is 2. The van der Waals surface area contributed by atoms with Gasteiger partial charge in [0, 0.05) is 0 Å². The van der Waals surface area contributed by atoms with Crippen LogP contribution in [-0.4, -0.2) is 61.3 Å². The molecule has 2 rings (SSSR count). The molecule has 0 fully saturated rings. The molecule has 0 aliphatic heterocycles. The summed E-state index contributed by atoms with van der Waals surface area (Å²) in [7, 11) is -2.50. The second-order valence-corrected chi connectivity index (χ2v) is 26.4. The number of nitrogens with zero attached hydrogens (tertiary/aromatic N) is 2. The van der Waals surface area contributed by atoms with Crippen molar-refractivity contribution in [2.45, 2.75) is 364 Å². The van der Waals surface area contributed by atoms with E-state index in [0.717, 1.165) is 10.8 Å². The Hall–Kier alpha value is -1.03. The van der Waals surface area contributed by atoms with Gasteiger partial charge in [-0.1, -0.05) is 303 Å². The van der Waals surface area contributed by atoms with Gasteiger partial charge in [-0.2, -0.15) is 0 Å². The molecule has 0 spiro atoms. The Morgan fingerprint density at radius 1 is 0.241 bits per heavy atom. The number of hydrogen-bond donors (Lipinski definition) is 0. The molecule has 4 nitrogen and oxygen atoms in total. The van der Waals surface area contributed by atoms with Gasteiger partial charge < -0.3 is 18.8 Å². The first-order chi connectivity index (χ1) is 38.8. The summed E-state index contributed by atoms with van der Waals surface area (Å²) in [6.07, 6.45) is 69.5. The highest BCUT2D eigenvalue weighted by molar-refractivity contribution is 7.51. The molecule has 79 heavy (non-hydrogen) atoms. The van der Waals surface area contributed by atoms with Crippen molar-refractivity contribution in [3.8, 4) is 0 Å². The van der Waals surface area contributed by atoms with Crippen LogP contribution in [0.15, 0.2) is 42.5 Å². The lowest BCUT2D eigenvalue weighted by atomic mass is 10.0. The van der Waals surface area contributed by atoms with Gasteiger partial charge in [0.2, 0.25) is 0 Å². The van der Waals surface area contributed by atoms with E-state index in [-0.39, 0.29) is 0 Å². The molecule has 0 radical (unpaired) electrons. The first-order valence-electron chi connectivity index (χ1n) is 36.1. The number of benzene rings is 2. The monoisotopic (exact) mass is 1120 g/mol. The Morgan fingerprint density at radius 3 is 0.646 bits per heavy atom. The predicted octanol–water partition coefficient (Wildman–Crippen LogP) is 23.0. The van der Waals surface area contributed by atoms with Crippen LogP contribution in [0.5, 0.6) is 0 Å². The number of quaternary nitrogens is 2. The molecule has 0 saturated carbocycles. The smallest absolute Gasteiger partial charge is 0.0786 e. The summed E-state index contributed by atoms with van der Waals surface area (Å²) in [6, 6.07) is 12.7. The van der Waals surface area contributed by atoms with E-state index in [2.05, 4.69) is 55.4 Å². The molecule has 0 atom stereocenters. The largest absolute Gasteiger partial charge is 0.838 e. The predicted molar refractivity (Wildman–Crippen MR) is 357 cm³/mol. The molecule has 0 N–H and O–H groups in total. The molecule has 0 aliphatic rings. The highest BCUT2D eigenvalue weighted by atomic mass is 31.2. The molecule has 0 aromatic heterocycles. The Labute approximate surface area is 499 Å². The fraction of sp³-hybridized carbons (Fsp3) is 0.865. The van der Waals surface area contributed by atoms with Crippen molar-refractivity contribution in [1.82, 2.24) is 0 Å². The Kier molecular flexibility index (Phi) is 59.3. The number of rotatable bonds is 57. The fourth-order valence-corrected chi connectivity index (χ4v) is 13.1. The Bertz CT molecular complexity index is 1270. The van der Waals surface area contributed by atoms with E-state index in [4.69, 9.17) is 0 Å².